The third kappa shape index (κ3) is 5.22. The molecule has 1 amide bonds. The molecular weight excluding hydrogens is 513 g/mol. The summed E-state index contributed by atoms with van der Waals surface area (Å²) in [7, 11) is -4.24. The molecule has 2 aromatic heterocycles. The number of nitrogens with zero attached hydrogens (tertiary/aromatic N) is 3. The first-order chi connectivity index (χ1) is 16.7. The van der Waals surface area contributed by atoms with E-state index in [0.717, 1.165) is 27.4 Å². The smallest absolute Gasteiger partial charge is 0.410 e. The van der Waals surface area contributed by atoms with E-state index < -0.39 is 51.6 Å². The van der Waals surface area contributed by atoms with Gasteiger partial charge in [-0.3, -0.25) is 9.20 Å². The normalized spacial score (nSPS) is 20.9. The number of likely N-dealkylation sites (tertiary alicyclic amines) is 1. The Hall–Kier alpha value is -3.03. The summed E-state index contributed by atoms with van der Waals surface area (Å²) in [6.45, 7) is 6.54. The number of halogens is 1. The molecule has 3 heterocycles. The maximum atomic E-state index is 15.2. The van der Waals surface area contributed by atoms with Crippen LogP contribution in [0.25, 0.3) is 4.96 Å². The van der Waals surface area contributed by atoms with Gasteiger partial charge in [0.05, 0.1) is 17.5 Å². The number of hydrogen-bond donors (Lipinski definition) is 1. The van der Waals surface area contributed by atoms with Crippen LogP contribution in [0.15, 0.2) is 46.2 Å². The second-order valence-electron chi connectivity index (χ2n) is 9.60. The van der Waals surface area contributed by atoms with Crippen molar-refractivity contribution < 1.29 is 31.6 Å². The van der Waals surface area contributed by atoms with Gasteiger partial charge in [0.25, 0.3) is 5.56 Å². The van der Waals surface area contributed by atoms with Gasteiger partial charge in [-0.25, -0.2) is 9.18 Å². The first kappa shape index (κ1) is 26.0. The molecule has 2 atom stereocenters. The Morgan fingerprint density at radius 2 is 1.94 bits per heavy atom. The maximum Gasteiger partial charge on any atom is 0.410 e. The Bertz CT molecular complexity index is 1460. The van der Waals surface area contributed by atoms with E-state index in [1.165, 1.54) is 23.2 Å². The van der Waals surface area contributed by atoms with Crippen LogP contribution in [-0.2, 0) is 20.5 Å². The predicted molar refractivity (Wildman–Crippen MR) is 130 cm³/mol. The van der Waals surface area contributed by atoms with Crippen molar-refractivity contribution in [3.63, 3.8) is 0 Å². The number of benzene rings is 1. The monoisotopic (exact) mass is 539 g/mol. The summed E-state index contributed by atoms with van der Waals surface area (Å²) in [5.41, 5.74) is -2.53. The molecule has 1 aromatic carbocycles. The van der Waals surface area contributed by atoms with E-state index in [2.05, 4.69) is 4.98 Å². The minimum atomic E-state index is -4.24. The summed E-state index contributed by atoms with van der Waals surface area (Å²) in [5.74, 6) is -0.447. The molecule has 1 aliphatic heterocycles. The van der Waals surface area contributed by atoms with Crippen LogP contribution in [-0.4, -0.2) is 58.8 Å². The second-order valence-corrected chi connectivity index (χ2v) is 12.2. The maximum absolute atomic E-state index is 15.2. The molecule has 1 N–H and O–H groups in total. The van der Waals surface area contributed by atoms with E-state index in [4.69, 9.17) is 8.92 Å². The molecule has 3 aromatic rings. The predicted octanol–water partition coefficient (Wildman–Crippen LogP) is 3.00. The quantitative estimate of drug-likeness (QED) is 0.502. The molecule has 13 heteroatoms. The average molecular weight is 540 g/mol. The number of ether oxygens (including phenoxy) is 1. The third-order valence-corrected chi connectivity index (χ3v) is 7.98. The molecule has 0 saturated carbocycles. The summed E-state index contributed by atoms with van der Waals surface area (Å²) < 4.78 is 51.8. The van der Waals surface area contributed by atoms with Crippen LogP contribution in [0.3, 0.4) is 0 Å². The fourth-order valence-corrected chi connectivity index (χ4v) is 5.67. The Balaban J connectivity index is 1.58. The highest BCUT2D eigenvalue weighted by atomic mass is 32.2. The van der Waals surface area contributed by atoms with Crippen molar-refractivity contribution in [1.82, 2.24) is 14.3 Å². The van der Waals surface area contributed by atoms with Gasteiger partial charge in [-0.2, -0.15) is 13.4 Å². The number of fused-ring (bicyclic) bond motifs is 1. The third-order valence-electron chi connectivity index (χ3n) is 5.59. The molecular formula is C23H26FN3O7S2. The van der Waals surface area contributed by atoms with Crippen LogP contribution >= 0.6 is 11.3 Å². The fourth-order valence-electron chi connectivity index (χ4n) is 3.66. The largest absolute Gasteiger partial charge is 0.444 e. The Kier molecular flexibility index (Phi) is 6.60. The standard InChI is InChI=1S/C23H26FN3O7S2/c1-14-5-7-15(8-6-14)36(31,32)34-18-11-19(28)27-13-17(35-20(27)25-18)23(30)9-10-26(12-16(23)24)21(29)33-22(2,3)4/h5-8,11,13,16,30H,9-10,12H2,1-4H3. The molecule has 2 unspecified atom stereocenters. The van der Waals surface area contributed by atoms with Crippen molar-refractivity contribution in [3.8, 4) is 5.88 Å². The number of alkyl halides is 1. The minimum absolute atomic E-state index is 0.0156. The highest BCUT2D eigenvalue weighted by Gasteiger charge is 2.46. The van der Waals surface area contributed by atoms with Gasteiger partial charge in [-0.1, -0.05) is 29.0 Å². The van der Waals surface area contributed by atoms with Gasteiger partial charge >= 0.3 is 16.2 Å². The van der Waals surface area contributed by atoms with Crippen LogP contribution in [0.5, 0.6) is 5.88 Å². The zero-order valence-electron chi connectivity index (χ0n) is 20.1. The molecule has 0 bridgehead atoms. The Morgan fingerprint density at radius 1 is 1.28 bits per heavy atom. The van der Waals surface area contributed by atoms with Crippen LogP contribution in [0.2, 0.25) is 0 Å². The molecule has 0 aliphatic carbocycles. The lowest BCUT2D eigenvalue weighted by Gasteiger charge is -2.40. The molecule has 1 saturated heterocycles. The first-order valence-electron chi connectivity index (χ1n) is 11.1. The van der Waals surface area contributed by atoms with E-state index in [1.54, 1.807) is 39.8 Å². The number of aromatic nitrogens is 2. The van der Waals surface area contributed by atoms with Gasteiger partial charge < -0.3 is 18.9 Å². The molecule has 1 aliphatic rings. The number of piperidine rings is 1. The van der Waals surface area contributed by atoms with Crippen LogP contribution in [0, 0.1) is 6.92 Å². The first-order valence-corrected chi connectivity index (χ1v) is 13.3. The Labute approximate surface area is 211 Å². The lowest BCUT2D eigenvalue weighted by molar-refractivity contribution is -0.0886. The molecule has 1 fully saturated rings. The lowest BCUT2D eigenvalue weighted by Crippen LogP contribution is -2.53. The van der Waals surface area contributed by atoms with Gasteiger partial charge in [0.15, 0.2) is 11.1 Å². The average Bonchev–Trinajstić information content (AvgIpc) is 3.20. The minimum Gasteiger partial charge on any atom is -0.444 e. The van der Waals surface area contributed by atoms with E-state index in [9.17, 15) is 23.1 Å². The van der Waals surface area contributed by atoms with Crippen molar-refractivity contribution in [2.24, 2.45) is 0 Å². The summed E-state index contributed by atoms with van der Waals surface area (Å²) in [4.78, 5) is 30.2. The van der Waals surface area contributed by atoms with Crippen LogP contribution < -0.4 is 9.74 Å². The number of hydrogen-bond acceptors (Lipinski definition) is 9. The van der Waals surface area contributed by atoms with Crippen LogP contribution in [0.1, 0.15) is 37.6 Å². The topological polar surface area (TPSA) is 128 Å². The molecule has 0 spiro atoms. The van der Waals surface area contributed by atoms with E-state index in [1.807, 2.05) is 0 Å². The van der Waals surface area contributed by atoms with E-state index >= 15 is 4.39 Å². The van der Waals surface area contributed by atoms with Gasteiger partial charge in [-0.05, 0) is 39.8 Å². The van der Waals surface area contributed by atoms with Crippen molar-refractivity contribution in [2.75, 3.05) is 13.1 Å². The molecule has 194 valence electrons. The van der Waals surface area contributed by atoms with Gasteiger partial charge in [0.2, 0.25) is 5.88 Å². The Morgan fingerprint density at radius 3 is 2.56 bits per heavy atom. The van der Waals surface area contributed by atoms with Gasteiger partial charge in [-0.15, -0.1) is 0 Å². The van der Waals surface area contributed by atoms with Crippen LogP contribution in [0.4, 0.5) is 9.18 Å². The highest BCUT2D eigenvalue weighted by Crippen LogP contribution is 2.39. The molecule has 36 heavy (non-hydrogen) atoms. The van der Waals surface area contributed by atoms with Crippen molar-refractivity contribution in [1.29, 1.82) is 0 Å². The molecule has 0 radical (unpaired) electrons. The molecule has 10 nitrogen and oxygen atoms in total. The fraction of sp³-hybridized carbons (Fsp3) is 0.435. The number of rotatable bonds is 4. The van der Waals surface area contributed by atoms with Crippen molar-refractivity contribution in [3.05, 3.63) is 57.3 Å². The lowest BCUT2D eigenvalue weighted by atomic mass is 9.88. The SMILES string of the molecule is Cc1ccc(S(=O)(=O)Oc2cc(=O)n3cc(C4(O)CCN(C(=O)OC(C)(C)C)CC4F)sc3n2)cc1. The molecule has 4 rings (SSSR count). The zero-order chi connectivity index (χ0) is 26.5. The zero-order valence-corrected chi connectivity index (χ0v) is 21.7. The number of carbonyl (C=O) groups is 1. The highest BCUT2D eigenvalue weighted by molar-refractivity contribution is 7.87. The summed E-state index contributed by atoms with van der Waals surface area (Å²) in [5, 5.41) is 11.1. The summed E-state index contributed by atoms with van der Waals surface area (Å²) in [6.07, 6.45) is -1.41. The van der Waals surface area contributed by atoms with E-state index in [0.29, 0.717) is 0 Å². The number of amides is 1. The number of thiazole rings is 1. The van der Waals surface area contributed by atoms with Crippen molar-refractivity contribution >= 4 is 32.5 Å². The van der Waals surface area contributed by atoms with Gasteiger partial charge in [0.1, 0.15) is 16.1 Å². The number of carbonyl (C=O) groups excluding carboxylic acids is 1. The summed E-state index contributed by atoms with van der Waals surface area (Å²) >= 11 is 0.830. The number of aryl methyl sites for hydroxylation is 1. The van der Waals surface area contributed by atoms with Gasteiger partial charge in [0, 0.05) is 19.2 Å². The number of aliphatic hydroxyl groups is 1. The second kappa shape index (κ2) is 9.12. The van der Waals surface area contributed by atoms with Crippen molar-refractivity contribution in [2.45, 2.75) is 56.4 Å². The summed E-state index contributed by atoms with van der Waals surface area (Å²) in [6, 6.07) is 6.86. The van der Waals surface area contributed by atoms with E-state index in [-0.39, 0.29) is 27.7 Å².